The second-order valence-electron chi connectivity index (χ2n) is 4.89. The van der Waals surface area contributed by atoms with Crippen LogP contribution in [0, 0.1) is 6.92 Å². The maximum Gasteiger partial charge on any atom is 0.224 e. The molecule has 0 bridgehead atoms. The van der Waals surface area contributed by atoms with Crippen LogP contribution in [-0.4, -0.2) is 5.91 Å². The van der Waals surface area contributed by atoms with E-state index in [1.807, 2.05) is 31.2 Å². The molecule has 1 N–H and O–H groups in total. The molecule has 0 saturated carbocycles. The average Bonchev–Trinajstić information content (AvgIpc) is 2.48. The molecule has 22 heavy (non-hydrogen) atoms. The first-order valence-corrected chi connectivity index (χ1v) is 8.14. The van der Waals surface area contributed by atoms with Gasteiger partial charge in [-0.05, 0) is 52.7 Å². The molecule has 2 aromatic carbocycles. The van der Waals surface area contributed by atoms with Crippen LogP contribution in [0.5, 0.6) is 5.75 Å². The molecule has 0 saturated heterocycles. The van der Waals surface area contributed by atoms with Gasteiger partial charge in [0.2, 0.25) is 5.91 Å². The highest BCUT2D eigenvalue weighted by Gasteiger charge is 2.11. The van der Waals surface area contributed by atoms with Gasteiger partial charge in [-0.3, -0.25) is 4.79 Å². The van der Waals surface area contributed by atoms with Crippen molar-refractivity contribution in [1.29, 1.82) is 0 Å². The first-order chi connectivity index (χ1) is 10.5. The molecule has 0 spiro atoms. The average molecular weight is 383 g/mol. The number of carbonyl (C=O) groups excluding carboxylic acids is 1. The first kappa shape index (κ1) is 16.8. The zero-order valence-electron chi connectivity index (χ0n) is 12.5. The zero-order chi connectivity index (χ0) is 16.1. The predicted octanol–water partition coefficient (Wildman–Crippen LogP) is 5.34. The monoisotopic (exact) mass is 381 g/mol. The van der Waals surface area contributed by atoms with Gasteiger partial charge in [-0.2, -0.15) is 0 Å². The van der Waals surface area contributed by atoms with Gasteiger partial charge in [0.1, 0.15) is 12.4 Å². The summed E-state index contributed by atoms with van der Waals surface area (Å²) in [6, 6.07) is 11.3. The number of aryl methyl sites for hydroxylation is 1. The van der Waals surface area contributed by atoms with Crippen molar-refractivity contribution in [1.82, 2.24) is 0 Å². The Morgan fingerprint density at radius 1 is 1.32 bits per heavy atom. The van der Waals surface area contributed by atoms with Crippen LogP contribution in [0.15, 0.2) is 40.9 Å². The number of hydrogen-bond donors (Lipinski definition) is 1. The number of halogens is 2. The number of rotatable bonds is 5. The van der Waals surface area contributed by atoms with Crippen LogP contribution in [-0.2, 0) is 11.4 Å². The van der Waals surface area contributed by atoms with E-state index < -0.39 is 0 Å². The summed E-state index contributed by atoms with van der Waals surface area (Å²) in [4.78, 5) is 11.6. The number of anilines is 1. The van der Waals surface area contributed by atoms with Crippen LogP contribution >= 0.6 is 27.5 Å². The third-order valence-electron chi connectivity index (χ3n) is 3.17. The Morgan fingerprint density at radius 2 is 2.09 bits per heavy atom. The van der Waals surface area contributed by atoms with Crippen molar-refractivity contribution in [3.63, 3.8) is 0 Å². The van der Waals surface area contributed by atoms with Gasteiger partial charge < -0.3 is 10.1 Å². The van der Waals surface area contributed by atoms with E-state index in [1.54, 1.807) is 19.1 Å². The smallest absolute Gasteiger partial charge is 0.224 e. The molecule has 0 radical (unpaired) electrons. The van der Waals surface area contributed by atoms with Gasteiger partial charge in [0.05, 0.1) is 4.47 Å². The molecule has 2 aromatic rings. The molecule has 0 aliphatic carbocycles. The zero-order valence-corrected chi connectivity index (χ0v) is 14.8. The highest BCUT2D eigenvalue weighted by Crippen LogP contribution is 2.30. The van der Waals surface area contributed by atoms with E-state index in [9.17, 15) is 4.79 Å². The molecule has 0 heterocycles. The number of nitrogens with one attached hydrogen (secondary N) is 1. The van der Waals surface area contributed by atoms with Crippen LogP contribution < -0.4 is 10.1 Å². The van der Waals surface area contributed by atoms with Gasteiger partial charge >= 0.3 is 0 Å². The topological polar surface area (TPSA) is 38.3 Å². The second kappa shape index (κ2) is 7.65. The van der Waals surface area contributed by atoms with E-state index in [4.69, 9.17) is 16.3 Å². The van der Waals surface area contributed by atoms with Crippen molar-refractivity contribution in [3.8, 4) is 5.75 Å². The summed E-state index contributed by atoms with van der Waals surface area (Å²) < 4.78 is 6.72. The Balaban J connectivity index is 2.19. The lowest BCUT2D eigenvalue weighted by molar-refractivity contribution is -0.115. The van der Waals surface area contributed by atoms with Crippen LogP contribution in [0.1, 0.15) is 24.5 Å². The Hall–Kier alpha value is -1.52. The number of amides is 1. The van der Waals surface area contributed by atoms with E-state index in [-0.39, 0.29) is 12.5 Å². The molecular formula is C17H17BrClNO2. The number of carbonyl (C=O) groups is 1. The third kappa shape index (κ3) is 4.24. The lowest BCUT2D eigenvalue weighted by Crippen LogP contribution is -2.12. The van der Waals surface area contributed by atoms with Crippen LogP contribution in [0.2, 0.25) is 5.02 Å². The molecule has 0 atom stereocenters. The van der Waals surface area contributed by atoms with E-state index in [0.29, 0.717) is 17.1 Å². The molecule has 0 aliphatic heterocycles. The number of benzene rings is 2. The van der Waals surface area contributed by atoms with E-state index in [1.165, 1.54) is 0 Å². The van der Waals surface area contributed by atoms with Crippen molar-refractivity contribution < 1.29 is 9.53 Å². The lowest BCUT2D eigenvalue weighted by atomic mass is 10.2. The molecule has 2 rings (SSSR count). The van der Waals surface area contributed by atoms with Crippen molar-refractivity contribution in [3.05, 3.63) is 57.0 Å². The lowest BCUT2D eigenvalue weighted by Gasteiger charge is -2.14. The molecule has 116 valence electrons. The minimum absolute atomic E-state index is 0.0555. The largest absolute Gasteiger partial charge is 0.488 e. The van der Waals surface area contributed by atoms with Gasteiger partial charge in [0.25, 0.3) is 0 Å². The fourth-order valence-electron chi connectivity index (χ4n) is 1.93. The van der Waals surface area contributed by atoms with E-state index in [0.717, 1.165) is 21.3 Å². The van der Waals surface area contributed by atoms with Gasteiger partial charge in [0, 0.05) is 22.7 Å². The van der Waals surface area contributed by atoms with Crippen molar-refractivity contribution >= 4 is 39.1 Å². The predicted molar refractivity (Wildman–Crippen MR) is 93.6 cm³/mol. The van der Waals surface area contributed by atoms with Crippen LogP contribution in [0.25, 0.3) is 0 Å². The Labute approximate surface area is 143 Å². The van der Waals surface area contributed by atoms with Crippen molar-refractivity contribution in [2.24, 2.45) is 0 Å². The summed E-state index contributed by atoms with van der Waals surface area (Å²) in [5.74, 6) is 0.679. The second-order valence-corrected chi connectivity index (χ2v) is 6.15. The number of ether oxygens (including phenoxy) is 1. The summed E-state index contributed by atoms with van der Waals surface area (Å²) in [6.07, 6.45) is 0.413. The minimum atomic E-state index is -0.0555. The summed E-state index contributed by atoms with van der Waals surface area (Å²) >= 11 is 9.73. The molecule has 5 heteroatoms. The van der Waals surface area contributed by atoms with Crippen LogP contribution in [0.3, 0.4) is 0 Å². The molecule has 1 amide bonds. The maximum absolute atomic E-state index is 11.6. The molecule has 0 aromatic heterocycles. The normalized spacial score (nSPS) is 10.4. The van der Waals surface area contributed by atoms with E-state index >= 15 is 0 Å². The molecule has 0 unspecified atom stereocenters. The fourth-order valence-corrected chi connectivity index (χ4v) is 2.77. The number of hydrogen-bond acceptors (Lipinski definition) is 2. The van der Waals surface area contributed by atoms with Crippen molar-refractivity contribution in [2.45, 2.75) is 26.9 Å². The molecular weight excluding hydrogens is 366 g/mol. The third-order valence-corrected chi connectivity index (χ3v) is 4.15. The van der Waals surface area contributed by atoms with Gasteiger partial charge in [0.15, 0.2) is 0 Å². The van der Waals surface area contributed by atoms with E-state index in [2.05, 4.69) is 21.2 Å². The standard InChI is InChI=1S/C17H17BrClNO2/c1-3-17(21)20-15-6-4-5-14(19)12(15)10-22-16-8-7-11(2)9-13(16)18/h4-9H,3,10H2,1-2H3,(H,20,21). The van der Waals surface area contributed by atoms with Gasteiger partial charge in [-0.1, -0.05) is 30.7 Å². The van der Waals surface area contributed by atoms with Crippen LogP contribution in [0.4, 0.5) is 5.69 Å². The Kier molecular flexibility index (Phi) is 5.86. The highest BCUT2D eigenvalue weighted by atomic mass is 79.9. The SMILES string of the molecule is CCC(=O)Nc1cccc(Cl)c1COc1ccc(C)cc1Br. The first-order valence-electron chi connectivity index (χ1n) is 6.97. The fraction of sp³-hybridized carbons (Fsp3) is 0.235. The molecule has 0 fully saturated rings. The highest BCUT2D eigenvalue weighted by molar-refractivity contribution is 9.10. The van der Waals surface area contributed by atoms with Gasteiger partial charge in [-0.25, -0.2) is 0 Å². The molecule has 3 nitrogen and oxygen atoms in total. The quantitative estimate of drug-likeness (QED) is 0.758. The molecule has 0 aliphatic rings. The maximum atomic E-state index is 11.6. The van der Waals surface area contributed by atoms with Gasteiger partial charge in [-0.15, -0.1) is 0 Å². The summed E-state index contributed by atoms with van der Waals surface area (Å²) in [6.45, 7) is 4.10. The summed E-state index contributed by atoms with van der Waals surface area (Å²) in [7, 11) is 0. The summed E-state index contributed by atoms with van der Waals surface area (Å²) in [5.41, 5.74) is 2.59. The summed E-state index contributed by atoms with van der Waals surface area (Å²) in [5, 5.41) is 3.41. The van der Waals surface area contributed by atoms with Crippen molar-refractivity contribution in [2.75, 3.05) is 5.32 Å². The Morgan fingerprint density at radius 3 is 2.77 bits per heavy atom. The Bertz CT molecular complexity index is 688. The minimum Gasteiger partial charge on any atom is -0.488 e.